The molecule has 4 aromatic heterocycles. The van der Waals surface area contributed by atoms with Crippen molar-refractivity contribution in [2.24, 2.45) is 0 Å². The van der Waals surface area contributed by atoms with E-state index in [9.17, 15) is 21.7 Å². The fourth-order valence-corrected chi connectivity index (χ4v) is 6.27. The molecule has 0 fully saturated rings. The van der Waals surface area contributed by atoms with Crippen molar-refractivity contribution in [3.8, 4) is 39.8 Å². The van der Waals surface area contributed by atoms with Gasteiger partial charge in [0.1, 0.15) is 5.58 Å². The second-order valence-corrected chi connectivity index (χ2v) is 13.0. The molecule has 9 rings (SSSR count). The summed E-state index contributed by atoms with van der Waals surface area (Å²) < 4.78 is 151. The maximum atomic E-state index is 9.77. The number of fused-ring (bicyclic) bond motifs is 3. The predicted molar refractivity (Wildman–Crippen MR) is 231 cm³/mol. The largest absolute Gasteiger partial charge is 3.00 e. The van der Waals surface area contributed by atoms with E-state index >= 15 is 0 Å². The second-order valence-electron chi connectivity index (χ2n) is 13.0. The Morgan fingerprint density at radius 2 is 1.10 bits per heavy atom. The van der Waals surface area contributed by atoms with Crippen LogP contribution < -0.4 is 0 Å². The molecule has 0 aliphatic heterocycles. The molecule has 5 aromatic carbocycles. The number of hydrogen-bond acceptors (Lipinski definition) is 5. The van der Waals surface area contributed by atoms with Crippen LogP contribution in [0.4, 0.5) is 0 Å². The molecule has 6 heteroatoms. The molecule has 286 valence electrons. The molecular formula is C53H39IrN4O. The van der Waals surface area contributed by atoms with Crippen LogP contribution in [0, 0.1) is 36.4 Å². The summed E-state index contributed by atoms with van der Waals surface area (Å²) in [7, 11) is 0. The Labute approximate surface area is 381 Å². The van der Waals surface area contributed by atoms with E-state index in [-0.39, 0.29) is 76.2 Å². The van der Waals surface area contributed by atoms with E-state index < -0.39 is 67.3 Å². The maximum absolute atomic E-state index is 9.77. The third-order valence-electron chi connectivity index (χ3n) is 9.14. The van der Waals surface area contributed by atoms with Gasteiger partial charge in [0.25, 0.3) is 0 Å². The van der Waals surface area contributed by atoms with Gasteiger partial charge >= 0.3 is 20.1 Å². The first kappa shape index (κ1) is 24.4. The van der Waals surface area contributed by atoms with Crippen LogP contribution in [-0.2, 0) is 58.3 Å². The quantitative estimate of drug-likeness (QED) is 0.114. The zero-order chi connectivity index (χ0) is 53.4. The number of furan rings is 1. The van der Waals surface area contributed by atoms with Crippen molar-refractivity contribution in [2.45, 2.75) is 45.1 Å². The third kappa shape index (κ3) is 8.83. The monoisotopic (exact) mass is 956 g/mol. The SMILES string of the molecule is [2H]c1cc2c(oc3c(-c4ccc(C([2H])([2H])C([2H])([2H])c5cc(C([2H])([2H])C([2H])([2H])c6ccc(-c7[c-]cccc7)nc6)cc(C([2H])([2H])C([2H])([2H])c6ccc(-c7[c-]cccc7)nc6)c5)cn4)[c-]ccc32)c(C([2H])([2H])[2H])c1C#N.[Ir+3]. The van der Waals surface area contributed by atoms with Gasteiger partial charge in [-0.3, -0.25) is 0 Å². The molecule has 0 saturated carbocycles. The van der Waals surface area contributed by atoms with Gasteiger partial charge in [-0.1, -0.05) is 71.6 Å². The van der Waals surface area contributed by atoms with Crippen molar-refractivity contribution >= 4 is 21.9 Å². The summed E-state index contributed by atoms with van der Waals surface area (Å²) in [6, 6.07) is 39.7. The molecule has 0 atom stereocenters. The Bertz CT molecular complexity index is 3500. The normalized spacial score (nSPS) is 16.7. The van der Waals surface area contributed by atoms with E-state index in [1.54, 1.807) is 60.7 Å². The summed E-state index contributed by atoms with van der Waals surface area (Å²) in [5.41, 5.74) is -1.27. The molecule has 0 N–H and O–H groups in total. The fraction of sp³-hybridized carbons (Fsp3) is 0.132. The Kier molecular flexibility index (Phi) is 7.43. The number of nitriles is 1. The van der Waals surface area contributed by atoms with Gasteiger partial charge in [-0.15, -0.1) is 90.0 Å². The van der Waals surface area contributed by atoms with E-state index in [1.807, 2.05) is 0 Å². The molecule has 0 amide bonds. The number of benzene rings is 5. The van der Waals surface area contributed by atoms with Crippen molar-refractivity contribution in [3.63, 3.8) is 0 Å². The van der Waals surface area contributed by atoms with Crippen molar-refractivity contribution in [2.75, 3.05) is 0 Å². The molecule has 0 unspecified atom stereocenters. The van der Waals surface area contributed by atoms with Crippen LogP contribution in [-0.4, -0.2) is 15.0 Å². The van der Waals surface area contributed by atoms with E-state index in [4.69, 9.17) is 9.90 Å². The van der Waals surface area contributed by atoms with Crippen LogP contribution in [0.5, 0.6) is 0 Å². The van der Waals surface area contributed by atoms with Crippen LogP contribution in [0.3, 0.4) is 0 Å². The van der Waals surface area contributed by atoms with Crippen molar-refractivity contribution in [1.82, 2.24) is 15.0 Å². The van der Waals surface area contributed by atoms with Crippen LogP contribution in [0.15, 0.2) is 150 Å². The number of hydrogen-bond donors (Lipinski definition) is 0. The third-order valence-corrected chi connectivity index (χ3v) is 9.14. The predicted octanol–water partition coefficient (Wildman–Crippen LogP) is 11.7. The van der Waals surface area contributed by atoms with Gasteiger partial charge in [-0.2, -0.15) is 5.26 Å². The molecule has 59 heavy (non-hydrogen) atoms. The van der Waals surface area contributed by atoms with Crippen LogP contribution in [0.25, 0.3) is 55.7 Å². The molecule has 0 bridgehead atoms. The number of rotatable bonds is 12. The van der Waals surface area contributed by atoms with Crippen LogP contribution >= 0.6 is 0 Å². The summed E-state index contributed by atoms with van der Waals surface area (Å²) in [6.45, 7) is -2.83. The molecule has 0 radical (unpaired) electrons. The molecule has 0 aliphatic rings. The Morgan fingerprint density at radius 1 is 0.593 bits per heavy atom. The van der Waals surface area contributed by atoms with Gasteiger partial charge < -0.3 is 19.4 Å². The van der Waals surface area contributed by atoms with Gasteiger partial charge in [0.2, 0.25) is 0 Å². The van der Waals surface area contributed by atoms with E-state index in [0.717, 1.165) is 36.8 Å². The average Bonchev–Trinajstić information content (AvgIpc) is 3.76. The van der Waals surface area contributed by atoms with Gasteiger partial charge in [-0.25, -0.2) is 0 Å². The minimum Gasteiger partial charge on any atom is -0.500 e. The topological polar surface area (TPSA) is 75.6 Å². The Hall–Kier alpha value is -6.51. The second kappa shape index (κ2) is 18.0. The summed E-state index contributed by atoms with van der Waals surface area (Å²) in [5.74, 6) is 0. The van der Waals surface area contributed by atoms with E-state index in [1.165, 1.54) is 48.5 Å². The van der Waals surface area contributed by atoms with Crippen molar-refractivity contribution in [3.05, 3.63) is 209 Å². The molecular weight excluding hydrogens is 901 g/mol. The summed E-state index contributed by atoms with van der Waals surface area (Å²) in [6.07, 6.45) is -15.1. The van der Waals surface area contributed by atoms with Crippen LogP contribution in [0.1, 0.15) is 66.4 Å². The number of nitrogens with zero attached hydrogens (tertiary/aromatic N) is 4. The molecule has 0 saturated heterocycles. The summed E-state index contributed by atoms with van der Waals surface area (Å²) in [4.78, 5) is 13.1. The maximum Gasteiger partial charge on any atom is 3.00 e. The Morgan fingerprint density at radius 3 is 1.56 bits per heavy atom. The summed E-state index contributed by atoms with van der Waals surface area (Å²) in [5, 5.41) is 10.4. The van der Waals surface area contributed by atoms with Gasteiger partial charge in [0, 0.05) is 50.1 Å². The van der Waals surface area contributed by atoms with Gasteiger partial charge in [0.05, 0.1) is 18.6 Å². The zero-order valence-corrected chi connectivity index (χ0v) is 33.2. The first-order valence-electron chi connectivity index (χ1n) is 26.1. The van der Waals surface area contributed by atoms with Gasteiger partial charge in [0.15, 0.2) is 0 Å². The fourth-order valence-electron chi connectivity index (χ4n) is 6.27. The smallest absolute Gasteiger partial charge is 0.500 e. The van der Waals surface area contributed by atoms with Crippen molar-refractivity contribution in [1.29, 1.82) is 5.26 Å². The average molecular weight is 956 g/mol. The Balaban J connectivity index is 0.00000747. The first-order chi connectivity index (χ1) is 34.7. The van der Waals surface area contributed by atoms with Gasteiger partial charge in [-0.05, 0) is 102 Å². The molecule has 4 heterocycles. The molecule has 0 aliphatic carbocycles. The number of pyridine rings is 3. The molecule has 0 spiro atoms. The standard InChI is InChI=1S/C53H39N4O.Ir/c1-36-45(32-54)24-25-47-46-13-8-14-48(53(46)58-52(36)47)51-28-23-39(35-57-51)17-20-42-30-40(18-15-37-21-26-49(55-33-37)43-9-4-2-5-10-43)29-41(31-42)19-16-38-22-27-50(56-34-38)44-11-6-3-7-12-44;/h2-9,11,13,21-31,33-35H,15-20H2,1H3;/q-3;+3/i1D3,15D2,16D2,17D2,18D2,19D2,20D2,24D;. The van der Waals surface area contributed by atoms with Crippen LogP contribution in [0.2, 0.25) is 0 Å². The number of aromatic nitrogens is 3. The number of aryl methyl sites for hydroxylation is 7. The van der Waals surface area contributed by atoms with Crippen molar-refractivity contribution < 1.29 is 46.5 Å². The molecule has 5 nitrogen and oxygen atoms in total. The minimum absolute atomic E-state index is 0. The summed E-state index contributed by atoms with van der Waals surface area (Å²) >= 11 is 0. The van der Waals surface area contributed by atoms with E-state index in [2.05, 4.69) is 33.2 Å². The first-order valence-corrected chi connectivity index (χ1v) is 18.1. The zero-order valence-electron chi connectivity index (χ0n) is 46.8. The molecule has 9 aromatic rings. The minimum atomic E-state index is -3.21. The van der Waals surface area contributed by atoms with E-state index in [0.29, 0.717) is 27.9 Å².